The van der Waals surface area contributed by atoms with Crippen molar-refractivity contribution < 1.29 is 4.39 Å². The van der Waals surface area contributed by atoms with Crippen LogP contribution in [0.15, 0.2) is 24.3 Å². The van der Waals surface area contributed by atoms with Crippen LogP contribution in [0.5, 0.6) is 0 Å². The Balaban J connectivity index is 1.95. The number of aryl methyl sites for hydroxylation is 1. The fourth-order valence-electron chi connectivity index (χ4n) is 2.65. The van der Waals surface area contributed by atoms with E-state index >= 15 is 0 Å². The Bertz CT molecular complexity index is 571. The van der Waals surface area contributed by atoms with Crippen molar-refractivity contribution in [1.82, 2.24) is 15.3 Å². The summed E-state index contributed by atoms with van der Waals surface area (Å²) in [5.74, 6) is 0.704. The number of hydrogen-bond acceptors (Lipinski definition) is 2. The summed E-state index contributed by atoms with van der Waals surface area (Å²) < 4.78 is 13.8. The Hall–Kier alpha value is -1.68. The van der Waals surface area contributed by atoms with E-state index in [1.165, 1.54) is 18.9 Å². The molecule has 1 atom stereocenters. The highest BCUT2D eigenvalue weighted by Gasteiger charge is 2.20. The number of nitrogens with one attached hydrogen (secondary N) is 2. The summed E-state index contributed by atoms with van der Waals surface area (Å²) in [7, 11) is 0. The fourth-order valence-corrected chi connectivity index (χ4v) is 2.65. The zero-order valence-corrected chi connectivity index (χ0v) is 11.0. The van der Waals surface area contributed by atoms with Gasteiger partial charge in [0, 0.05) is 11.3 Å². The molecule has 3 rings (SSSR count). The topological polar surface area (TPSA) is 40.7 Å². The molecule has 1 aromatic heterocycles. The SMILES string of the molecule is Cc1[nH]c(C2CCCCN2)nc1-c1ccccc1F. The summed E-state index contributed by atoms with van der Waals surface area (Å²) in [6.07, 6.45) is 3.52. The number of benzene rings is 1. The van der Waals surface area contributed by atoms with Gasteiger partial charge in [-0.05, 0) is 38.4 Å². The van der Waals surface area contributed by atoms with Gasteiger partial charge in [-0.25, -0.2) is 9.37 Å². The fraction of sp³-hybridized carbons (Fsp3) is 0.400. The summed E-state index contributed by atoms with van der Waals surface area (Å²) in [4.78, 5) is 7.91. The Morgan fingerprint density at radius 3 is 2.84 bits per heavy atom. The molecule has 1 aromatic carbocycles. The summed E-state index contributed by atoms with van der Waals surface area (Å²) >= 11 is 0. The van der Waals surface area contributed by atoms with Gasteiger partial charge in [-0.2, -0.15) is 0 Å². The average molecular weight is 259 g/mol. The van der Waals surface area contributed by atoms with E-state index in [2.05, 4.69) is 15.3 Å². The molecular weight excluding hydrogens is 241 g/mol. The minimum absolute atomic E-state index is 0.222. The maximum atomic E-state index is 13.8. The first-order valence-electron chi connectivity index (χ1n) is 6.80. The van der Waals surface area contributed by atoms with Crippen LogP contribution >= 0.6 is 0 Å². The monoisotopic (exact) mass is 259 g/mol. The third kappa shape index (κ3) is 2.40. The summed E-state index contributed by atoms with van der Waals surface area (Å²) in [5.41, 5.74) is 2.21. The van der Waals surface area contributed by atoms with Crippen molar-refractivity contribution in [2.75, 3.05) is 6.54 Å². The largest absolute Gasteiger partial charge is 0.344 e. The second kappa shape index (κ2) is 5.13. The Morgan fingerprint density at radius 1 is 1.26 bits per heavy atom. The van der Waals surface area contributed by atoms with Crippen molar-refractivity contribution in [2.24, 2.45) is 0 Å². The molecule has 100 valence electrons. The van der Waals surface area contributed by atoms with E-state index in [4.69, 9.17) is 0 Å². The molecule has 0 spiro atoms. The van der Waals surface area contributed by atoms with Gasteiger partial charge >= 0.3 is 0 Å². The van der Waals surface area contributed by atoms with Crippen molar-refractivity contribution in [1.29, 1.82) is 0 Å². The lowest BCUT2D eigenvalue weighted by Crippen LogP contribution is -2.27. The van der Waals surface area contributed by atoms with Gasteiger partial charge in [-0.3, -0.25) is 0 Å². The van der Waals surface area contributed by atoms with Gasteiger partial charge < -0.3 is 10.3 Å². The first-order chi connectivity index (χ1) is 9.25. The van der Waals surface area contributed by atoms with Crippen LogP contribution in [0.2, 0.25) is 0 Å². The molecule has 0 radical (unpaired) electrons. The highest BCUT2D eigenvalue weighted by atomic mass is 19.1. The van der Waals surface area contributed by atoms with Crippen LogP contribution < -0.4 is 5.32 Å². The molecule has 0 aliphatic carbocycles. The second-order valence-corrected chi connectivity index (χ2v) is 5.08. The van der Waals surface area contributed by atoms with Crippen molar-refractivity contribution in [3.63, 3.8) is 0 Å². The molecule has 0 saturated carbocycles. The van der Waals surface area contributed by atoms with Gasteiger partial charge in [0.05, 0.1) is 11.7 Å². The van der Waals surface area contributed by atoms with E-state index < -0.39 is 0 Å². The van der Waals surface area contributed by atoms with Crippen molar-refractivity contribution in [3.8, 4) is 11.3 Å². The van der Waals surface area contributed by atoms with E-state index in [9.17, 15) is 4.39 Å². The standard InChI is InChI=1S/C15H18FN3/c1-10-14(11-6-2-3-7-12(11)16)19-15(18-10)13-8-4-5-9-17-13/h2-3,6-7,13,17H,4-5,8-9H2,1H3,(H,18,19). The third-order valence-corrected chi connectivity index (χ3v) is 3.67. The molecule has 3 nitrogen and oxygen atoms in total. The van der Waals surface area contributed by atoms with Gasteiger partial charge in [0.15, 0.2) is 0 Å². The van der Waals surface area contributed by atoms with Gasteiger partial charge in [-0.15, -0.1) is 0 Å². The minimum Gasteiger partial charge on any atom is -0.344 e. The molecule has 0 amide bonds. The molecule has 1 fully saturated rings. The number of piperidine rings is 1. The zero-order valence-electron chi connectivity index (χ0n) is 11.0. The molecule has 0 bridgehead atoms. The van der Waals surface area contributed by atoms with Crippen LogP contribution in [0.1, 0.15) is 36.8 Å². The van der Waals surface area contributed by atoms with E-state index in [1.54, 1.807) is 12.1 Å². The third-order valence-electron chi connectivity index (χ3n) is 3.67. The van der Waals surface area contributed by atoms with Crippen LogP contribution in [-0.4, -0.2) is 16.5 Å². The van der Waals surface area contributed by atoms with E-state index in [1.807, 2.05) is 13.0 Å². The van der Waals surface area contributed by atoms with Crippen LogP contribution in [0.25, 0.3) is 11.3 Å². The number of aromatic nitrogens is 2. The number of imidazole rings is 1. The number of halogens is 1. The van der Waals surface area contributed by atoms with Gasteiger partial charge in [-0.1, -0.05) is 18.6 Å². The summed E-state index contributed by atoms with van der Waals surface area (Å²) in [6, 6.07) is 7.06. The van der Waals surface area contributed by atoms with Crippen molar-refractivity contribution in [2.45, 2.75) is 32.2 Å². The van der Waals surface area contributed by atoms with Gasteiger partial charge in [0.25, 0.3) is 0 Å². The molecule has 19 heavy (non-hydrogen) atoms. The molecule has 4 heteroatoms. The highest BCUT2D eigenvalue weighted by molar-refractivity contribution is 5.62. The maximum absolute atomic E-state index is 13.8. The smallest absolute Gasteiger partial charge is 0.132 e. The number of aromatic amines is 1. The Morgan fingerprint density at radius 2 is 2.11 bits per heavy atom. The molecule has 2 N–H and O–H groups in total. The van der Waals surface area contributed by atoms with Crippen LogP contribution in [0.4, 0.5) is 4.39 Å². The lowest BCUT2D eigenvalue weighted by Gasteiger charge is -2.21. The molecule has 1 aliphatic heterocycles. The number of H-pyrrole nitrogens is 1. The normalized spacial score (nSPS) is 19.6. The van der Waals surface area contributed by atoms with E-state index in [0.717, 1.165) is 30.2 Å². The average Bonchev–Trinajstić information content (AvgIpc) is 2.82. The summed E-state index contributed by atoms with van der Waals surface area (Å²) in [5, 5.41) is 3.45. The predicted molar refractivity (Wildman–Crippen MR) is 73.3 cm³/mol. The quantitative estimate of drug-likeness (QED) is 0.868. The first-order valence-corrected chi connectivity index (χ1v) is 6.80. The lowest BCUT2D eigenvalue weighted by atomic mass is 10.0. The minimum atomic E-state index is -0.222. The van der Waals surface area contributed by atoms with Crippen LogP contribution in [-0.2, 0) is 0 Å². The second-order valence-electron chi connectivity index (χ2n) is 5.08. The molecular formula is C15H18FN3. The molecule has 1 saturated heterocycles. The summed E-state index contributed by atoms with van der Waals surface area (Å²) in [6.45, 7) is 2.97. The highest BCUT2D eigenvalue weighted by Crippen LogP contribution is 2.28. The molecule has 2 heterocycles. The number of nitrogens with zero attached hydrogens (tertiary/aromatic N) is 1. The molecule has 1 unspecified atom stereocenters. The number of rotatable bonds is 2. The van der Waals surface area contributed by atoms with Crippen molar-refractivity contribution >= 4 is 0 Å². The van der Waals surface area contributed by atoms with E-state index in [-0.39, 0.29) is 11.9 Å². The maximum Gasteiger partial charge on any atom is 0.132 e. The van der Waals surface area contributed by atoms with Gasteiger partial charge in [0.1, 0.15) is 11.6 Å². The zero-order chi connectivity index (χ0) is 13.2. The van der Waals surface area contributed by atoms with Crippen molar-refractivity contribution in [3.05, 3.63) is 41.6 Å². The van der Waals surface area contributed by atoms with Crippen LogP contribution in [0, 0.1) is 12.7 Å². The first kappa shape index (κ1) is 12.4. The van der Waals surface area contributed by atoms with Gasteiger partial charge in [0.2, 0.25) is 0 Å². The molecule has 1 aliphatic rings. The number of hydrogen-bond donors (Lipinski definition) is 2. The Labute approximate surface area is 112 Å². The predicted octanol–water partition coefficient (Wildman–Crippen LogP) is 3.34. The van der Waals surface area contributed by atoms with Crippen LogP contribution in [0.3, 0.4) is 0 Å². The lowest BCUT2D eigenvalue weighted by molar-refractivity contribution is 0.399. The Kier molecular flexibility index (Phi) is 3.34. The van der Waals surface area contributed by atoms with E-state index in [0.29, 0.717) is 5.56 Å². The molecule has 2 aromatic rings.